The summed E-state index contributed by atoms with van der Waals surface area (Å²) in [4.78, 5) is 10.5. The van der Waals surface area contributed by atoms with Gasteiger partial charge in [0.1, 0.15) is 11.2 Å². The monoisotopic (exact) mass is 674 g/mol. The van der Waals surface area contributed by atoms with E-state index in [0.717, 1.165) is 61.1 Å². The maximum absolute atomic E-state index is 6.28. The van der Waals surface area contributed by atoms with Crippen LogP contribution in [0, 0.1) is 0 Å². The first-order valence-electron chi connectivity index (χ1n) is 18.0. The molecule has 3 heteroatoms. The number of hydrogen-bond acceptors (Lipinski definition) is 3. The Morgan fingerprint density at radius 3 is 1.75 bits per heavy atom. The van der Waals surface area contributed by atoms with Gasteiger partial charge in [0.15, 0.2) is 5.82 Å². The first-order chi connectivity index (χ1) is 26.2. The van der Waals surface area contributed by atoms with Crippen molar-refractivity contribution in [2.24, 2.45) is 0 Å². The van der Waals surface area contributed by atoms with Crippen molar-refractivity contribution in [3.05, 3.63) is 182 Å². The SMILES string of the molecule is c1ccc(-c2nc(-c3ccc(-c4ccc5oc6cc7ccccc7cc6c5c4)cc3)cc(-c3c4ccccc4cc4c3ccc3ccccc34)n2)cc1. The summed E-state index contributed by atoms with van der Waals surface area (Å²) in [6.07, 6.45) is 0. The van der Waals surface area contributed by atoms with Crippen molar-refractivity contribution in [3.63, 3.8) is 0 Å². The molecule has 53 heavy (non-hydrogen) atoms. The van der Waals surface area contributed by atoms with Gasteiger partial charge in [-0.15, -0.1) is 0 Å². The van der Waals surface area contributed by atoms with Crippen molar-refractivity contribution in [2.75, 3.05) is 0 Å². The Labute approximate surface area is 305 Å². The van der Waals surface area contributed by atoms with Gasteiger partial charge in [-0.25, -0.2) is 9.97 Å². The summed E-state index contributed by atoms with van der Waals surface area (Å²) >= 11 is 0. The highest BCUT2D eigenvalue weighted by Crippen LogP contribution is 2.41. The number of hydrogen-bond donors (Lipinski definition) is 0. The average Bonchev–Trinajstić information content (AvgIpc) is 3.58. The van der Waals surface area contributed by atoms with Gasteiger partial charge in [-0.05, 0) is 90.6 Å². The van der Waals surface area contributed by atoms with E-state index in [9.17, 15) is 0 Å². The van der Waals surface area contributed by atoms with Crippen LogP contribution in [0.3, 0.4) is 0 Å². The predicted octanol–water partition coefficient (Wildman–Crippen LogP) is 13.7. The van der Waals surface area contributed by atoms with Gasteiger partial charge >= 0.3 is 0 Å². The molecule has 3 nitrogen and oxygen atoms in total. The third-order valence-electron chi connectivity index (χ3n) is 10.6. The molecule has 0 radical (unpaired) electrons. The third kappa shape index (κ3) is 4.90. The van der Waals surface area contributed by atoms with Crippen molar-refractivity contribution in [1.82, 2.24) is 9.97 Å². The molecule has 0 aliphatic heterocycles. The Morgan fingerprint density at radius 2 is 0.925 bits per heavy atom. The molecule has 0 aliphatic carbocycles. The van der Waals surface area contributed by atoms with Crippen molar-refractivity contribution in [1.29, 1.82) is 0 Å². The molecule has 0 atom stereocenters. The van der Waals surface area contributed by atoms with Crippen LogP contribution < -0.4 is 0 Å². The molecule has 0 spiro atoms. The molecule has 0 unspecified atom stereocenters. The van der Waals surface area contributed by atoms with Crippen molar-refractivity contribution >= 4 is 65.0 Å². The third-order valence-corrected chi connectivity index (χ3v) is 10.6. The quantitative estimate of drug-likeness (QED) is 0.138. The molecule has 0 N–H and O–H groups in total. The van der Waals surface area contributed by atoms with Crippen molar-refractivity contribution in [3.8, 4) is 45.0 Å². The highest BCUT2D eigenvalue weighted by atomic mass is 16.3. The summed E-state index contributed by atoms with van der Waals surface area (Å²) in [7, 11) is 0. The standard InChI is InChI=1S/C50H30N2O/c1-2-11-34(12-3-1)50-51-45(30-46(52-50)49-40-17-9-7-15-38(40)28-42-39-16-8-6-10-32(39)22-24-41(42)49)33-20-18-31(19-21-33)37-23-25-47-43(27-37)44-26-35-13-4-5-14-36(35)29-48(44)53-47/h1-30H. The second-order valence-electron chi connectivity index (χ2n) is 13.8. The molecule has 9 aromatic carbocycles. The second kappa shape index (κ2) is 11.7. The van der Waals surface area contributed by atoms with Crippen LogP contribution >= 0.6 is 0 Å². The van der Waals surface area contributed by atoms with Gasteiger partial charge in [-0.3, -0.25) is 0 Å². The van der Waals surface area contributed by atoms with E-state index in [1.165, 1.54) is 43.1 Å². The minimum atomic E-state index is 0.703. The van der Waals surface area contributed by atoms with E-state index < -0.39 is 0 Å². The van der Waals surface area contributed by atoms with Crippen LogP contribution in [0.2, 0.25) is 0 Å². The van der Waals surface area contributed by atoms with Gasteiger partial charge in [-0.2, -0.15) is 0 Å². The van der Waals surface area contributed by atoms with E-state index in [1.54, 1.807) is 0 Å². The molecule has 0 fully saturated rings. The molecule has 246 valence electrons. The van der Waals surface area contributed by atoms with Crippen LogP contribution in [0.1, 0.15) is 0 Å². The van der Waals surface area contributed by atoms with E-state index in [1.807, 2.05) is 18.2 Å². The van der Waals surface area contributed by atoms with Crippen LogP contribution in [-0.2, 0) is 0 Å². The van der Waals surface area contributed by atoms with Gasteiger partial charge in [0.05, 0.1) is 11.4 Å². The van der Waals surface area contributed by atoms with Crippen LogP contribution in [0.5, 0.6) is 0 Å². The first-order valence-corrected chi connectivity index (χ1v) is 18.0. The molecule has 11 rings (SSSR count). The molecule has 0 aliphatic rings. The summed E-state index contributed by atoms with van der Waals surface area (Å²) < 4.78 is 6.28. The van der Waals surface area contributed by atoms with Crippen molar-refractivity contribution in [2.45, 2.75) is 0 Å². The number of nitrogens with zero attached hydrogens (tertiary/aromatic N) is 2. The summed E-state index contributed by atoms with van der Waals surface area (Å²) in [6, 6.07) is 64.5. The Balaban J connectivity index is 1.07. The zero-order valence-corrected chi connectivity index (χ0v) is 28.6. The predicted molar refractivity (Wildman–Crippen MR) is 221 cm³/mol. The van der Waals surface area contributed by atoms with Gasteiger partial charge in [0, 0.05) is 27.5 Å². The van der Waals surface area contributed by atoms with E-state index in [2.05, 4.69) is 164 Å². The van der Waals surface area contributed by atoms with E-state index in [0.29, 0.717) is 5.82 Å². The first kappa shape index (κ1) is 29.6. The minimum Gasteiger partial charge on any atom is -0.456 e. The van der Waals surface area contributed by atoms with Crippen LogP contribution in [0.25, 0.3) is 110 Å². The lowest BCUT2D eigenvalue weighted by Gasteiger charge is -2.15. The fraction of sp³-hybridized carbons (Fsp3) is 0. The van der Waals surface area contributed by atoms with Gasteiger partial charge in [0.2, 0.25) is 0 Å². The van der Waals surface area contributed by atoms with Gasteiger partial charge in [0.25, 0.3) is 0 Å². The molecule has 2 aromatic heterocycles. The summed E-state index contributed by atoms with van der Waals surface area (Å²) in [5.41, 5.74) is 9.00. The molecule has 0 saturated carbocycles. The van der Waals surface area contributed by atoms with Gasteiger partial charge < -0.3 is 4.42 Å². The maximum Gasteiger partial charge on any atom is 0.160 e. The highest BCUT2D eigenvalue weighted by Gasteiger charge is 2.17. The molecule has 0 saturated heterocycles. The highest BCUT2D eigenvalue weighted by molar-refractivity contribution is 6.20. The number of rotatable bonds is 4. The normalized spacial score (nSPS) is 11.8. The zero-order valence-electron chi connectivity index (χ0n) is 28.6. The van der Waals surface area contributed by atoms with Crippen LogP contribution in [0.4, 0.5) is 0 Å². The Kier molecular flexibility index (Phi) is 6.55. The largest absolute Gasteiger partial charge is 0.456 e. The maximum atomic E-state index is 6.28. The molecular weight excluding hydrogens is 645 g/mol. The van der Waals surface area contributed by atoms with Crippen molar-refractivity contribution < 1.29 is 4.42 Å². The van der Waals surface area contributed by atoms with E-state index in [-0.39, 0.29) is 0 Å². The number of aromatic nitrogens is 2. The number of fused-ring (bicyclic) bond motifs is 8. The lowest BCUT2D eigenvalue weighted by atomic mass is 9.91. The molecule has 11 aromatic rings. The van der Waals surface area contributed by atoms with Gasteiger partial charge in [-0.1, -0.05) is 146 Å². The second-order valence-corrected chi connectivity index (χ2v) is 13.8. The lowest BCUT2D eigenvalue weighted by Crippen LogP contribution is -1.97. The molecular formula is C50H30N2O. The fourth-order valence-corrected chi connectivity index (χ4v) is 8.01. The van der Waals surface area contributed by atoms with E-state index in [4.69, 9.17) is 14.4 Å². The smallest absolute Gasteiger partial charge is 0.160 e. The van der Waals surface area contributed by atoms with Crippen LogP contribution in [-0.4, -0.2) is 9.97 Å². The number of benzene rings is 9. The van der Waals surface area contributed by atoms with E-state index >= 15 is 0 Å². The molecule has 0 amide bonds. The zero-order chi connectivity index (χ0) is 34.9. The Morgan fingerprint density at radius 1 is 0.302 bits per heavy atom. The summed E-state index contributed by atoms with van der Waals surface area (Å²) in [5.74, 6) is 0.703. The Bertz CT molecular complexity index is 3210. The minimum absolute atomic E-state index is 0.703. The summed E-state index contributed by atoms with van der Waals surface area (Å²) in [6.45, 7) is 0. The molecule has 0 bridgehead atoms. The lowest BCUT2D eigenvalue weighted by molar-refractivity contribution is 0.669. The number of furan rings is 1. The van der Waals surface area contributed by atoms with Crippen LogP contribution in [0.15, 0.2) is 186 Å². The Hall–Kier alpha value is -7.10. The topological polar surface area (TPSA) is 38.9 Å². The average molecular weight is 675 g/mol. The molecule has 2 heterocycles. The fourth-order valence-electron chi connectivity index (χ4n) is 8.01. The summed E-state index contributed by atoms with van der Waals surface area (Å²) in [5, 5.41) is 11.9.